The van der Waals surface area contributed by atoms with E-state index in [1.54, 1.807) is 24.3 Å². The Morgan fingerprint density at radius 3 is 2.55 bits per heavy atom. The quantitative estimate of drug-likeness (QED) is 0.357. The molecule has 0 aliphatic heterocycles. The Bertz CT molecular complexity index is 1160. The number of hydrogen-bond donors (Lipinski definition) is 0. The van der Waals surface area contributed by atoms with Crippen molar-refractivity contribution >= 4 is 22.6 Å². The molecular weight excluding hydrogens is 392 g/mol. The van der Waals surface area contributed by atoms with Crippen LogP contribution in [0.5, 0.6) is 11.5 Å². The second kappa shape index (κ2) is 8.45. The minimum Gasteiger partial charge on any atom is -0.493 e. The molecule has 0 saturated carbocycles. The van der Waals surface area contributed by atoms with Crippen molar-refractivity contribution in [3.05, 3.63) is 81.7 Å². The molecule has 29 heavy (non-hydrogen) atoms. The fraction of sp³-hybridized carbons (Fsp3) is 0.174. The molecule has 4 aromatic rings. The van der Waals surface area contributed by atoms with Gasteiger partial charge in [-0.1, -0.05) is 29.8 Å². The second-order valence-electron chi connectivity index (χ2n) is 6.53. The lowest BCUT2D eigenvalue weighted by Crippen LogP contribution is -2.13. The van der Waals surface area contributed by atoms with E-state index < -0.39 is 0 Å². The number of benzene rings is 2. The normalized spacial score (nSPS) is 11.0. The smallest absolute Gasteiger partial charge is 0.235 e. The zero-order chi connectivity index (χ0) is 20.2. The molecule has 148 valence electrons. The topological polar surface area (TPSA) is 61.8 Å². The van der Waals surface area contributed by atoms with Crippen LogP contribution in [0.2, 0.25) is 5.02 Å². The van der Waals surface area contributed by atoms with E-state index in [1.807, 2.05) is 37.3 Å². The summed E-state index contributed by atoms with van der Waals surface area (Å²) in [6.45, 7) is 2.60. The lowest BCUT2D eigenvalue weighted by molar-refractivity contribution is 0.244. The summed E-state index contributed by atoms with van der Waals surface area (Å²) in [5, 5.41) is 0.865. The zero-order valence-corrected chi connectivity index (χ0v) is 16.6. The third-order valence-corrected chi connectivity index (χ3v) is 4.83. The molecule has 4 rings (SSSR count). The number of rotatable bonds is 7. The number of halogens is 1. The summed E-state index contributed by atoms with van der Waals surface area (Å²) in [5.41, 5.74) is 0.964. The van der Waals surface area contributed by atoms with E-state index in [1.165, 1.54) is 6.26 Å². The first-order valence-corrected chi connectivity index (χ1v) is 9.63. The van der Waals surface area contributed by atoms with Gasteiger partial charge < -0.3 is 18.3 Å². The Balaban J connectivity index is 1.58. The maximum absolute atomic E-state index is 13.1. The van der Waals surface area contributed by atoms with Crippen LogP contribution in [0.1, 0.15) is 12.0 Å². The molecule has 0 aliphatic rings. The maximum atomic E-state index is 13.1. The molecule has 0 N–H and O–H groups in total. The number of hydrogen-bond acceptors (Lipinski definition) is 5. The lowest BCUT2D eigenvalue weighted by Gasteiger charge is -2.11. The van der Waals surface area contributed by atoms with Crippen LogP contribution in [0, 0.1) is 6.92 Å². The van der Waals surface area contributed by atoms with Gasteiger partial charge in [0.05, 0.1) is 24.9 Å². The van der Waals surface area contributed by atoms with Gasteiger partial charge >= 0.3 is 0 Å². The maximum Gasteiger partial charge on any atom is 0.235 e. The lowest BCUT2D eigenvalue weighted by atomic mass is 10.1. The molecule has 0 saturated heterocycles. The van der Waals surface area contributed by atoms with Crippen LogP contribution in [-0.2, 0) is 0 Å². The predicted molar refractivity (Wildman–Crippen MR) is 112 cm³/mol. The van der Waals surface area contributed by atoms with Crippen LogP contribution in [0.25, 0.3) is 22.5 Å². The van der Waals surface area contributed by atoms with Gasteiger partial charge in [0, 0.05) is 11.4 Å². The Labute approximate surface area is 172 Å². The van der Waals surface area contributed by atoms with Crippen LogP contribution in [0.3, 0.4) is 0 Å². The molecule has 2 heterocycles. The average molecular weight is 411 g/mol. The monoisotopic (exact) mass is 410 g/mol. The minimum atomic E-state index is -0.288. The van der Waals surface area contributed by atoms with Gasteiger partial charge in [0.25, 0.3) is 0 Å². The third kappa shape index (κ3) is 4.15. The number of ether oxygens (including phenoxy) is 2. The van der Waals surface area contributed by atoms with Gasteiger partial charge in [-0.05, 0) is 48.9 Å². The molecule has 0 aliphatic carbocycles. The van der Waals surface area contributed by atoms with Gasteiger partial charge in [0.2, 0.25) is 16.9 Å². The van der Waals surface area contributed by atoms with E-state index in [0.717, 1.165) is 11.3 Å². The molecule has 0 fully saturated rings. The highest BCUT2D eigenvalue weighted by Crippen LogP contribution is 2.33. The largest absolute Gasteiger partial charge is 0.493 e. The van der Waals surface area contributed by atoms with Crippen LogP contribution in [0.15, 0.2) is 74.5 Å². The van der Waals surface area contributed by atoms with Gasteiger partial charge in [-0.2, -0.15) is 0 Å². The van der Waals surface area contributed by atoms with E-state index in [2.05, 4.69) is 0 Å². The van der Waals surface area contributed by atoms with Gasteiger partial charge in [-0.25, -0.2) is 0 Å². The number of furan rings is 1. The standard InChI is InChI=1S/C23H19ClO5/c1-15-13-20-17(14-18(15)24)21(25)23(22(29-20)19-9-5-10-27-19)28-12-6-11-26-16-7-3-2-4-8-16/h2-5,7-10,13-14H,6,11-12H2,1H3. The fourth-order valence-corrected chi connectivity index (χ4v) is 3.10. The highest BCUT2D eigenvalue weighted by molar-refractivity contribution is 6.32. The van der Waals surface area contributed by atoms with Crippen LogP contribution < -0.4 is 14.9 Å². The zero-order valence-electron chi connectivity index (χ0n) is 15.8. The van der Waals surface area contributed by atoms with Crippen molar-refractivity contribution in [3.63, 3.8) is 0 Å². The molecule has 0 unspecified atom stereocenters. The highest BCUT2D eigenvalue weighted by atomic mass is 35.5. The molecule has 2 aromatic heterocycles. The van der Waals surface area contributed by atoms with Crippen LogP contribution >= 0.6 is 11.6 Å². The first-order chi connectivity index (χ1) is 14.1. The van der Waals surface area contributed by atoms with Crippen molar-refractivity contribution in [3.8, 4) is 23.0 Å². The molecule has 0 spiro atoms. The van der Waals surface area contributed by atoms with E-state index in [0.29, 0.717) is 34.8 Å². The summed E-state index contributed by atoms with van der Waals surface area (Å²) in [6, 6.07) is 16.3. The molecule has 0 atom stereocenters. The first kappa shape index (κ1) is 19.2. The van der Waals surface area contributed by atoms with Gasteiger partial charge in [0.15, 0.2) is 5.76 Å². The van der Waals surface area contributed by atoms with Crippen molar-refractivity contribution < 1.29 is 18.3 Å². The highest BCUT2D eigenvalue weighted by Gasteiger charge is 2.20. The van der Waals surface area contributed by atoms with Crippen molar-refractivity contribution in [2.75, 3.05) is 13.2 Å². The molecule has 0 amide bonds. The summed E-state index contributed by atoms with van der Waals surface area (Å²) >= 11 is 6.20. The van der Waals surface area contributed by atoms with Crippen molar-refractivity contribution in [2.24, 2.45) is 0 Å². The van der Waals surface area contributed by atoms with Gasteiger partial charge in [-0.15, -0.1) is 0 Å². The third-order valence-electron chi connectivity index (χ3n) is 4.42. The van der Waals surface area contributed by atoms with Crippen LogP contribution in [-0.4, -0.2) is 13.2 Å². The summed E-state index contributed by atoms with van der Waals surface area (Å²) in [7, 11) is 0. The summed E-state index contributed by atoms with van der Waals surface area (Å²) < 4.78 is 22.9. The number of fused-ring (bicyclic) bond motifs is 1. The SMILES string of the molecule is Cc1cc2oc(-c3ccco3)c(OCCCOc3ccccc3)c(=O)c2cc1Cl. The summed E-state index contributed by atoms with van der Waals surface area (Å²) in [5.74, 6) is 1.58. The molecule has 5 nitrogen and oxygen atoms in total. The first-order valence-electron chi connectivity index (χ1n) is 9.25. The molecule has 0 radical (unpaired) electrons. The molecule has 2 aromatic carbocycles. The Hall–Kier alpha value is -3.18. The molecular formula is C23H19ClO5. The van der Waals surface area contributed by atoms with E-state index >= 15 is 0 Å². The van der Waals surface area contributed by atoms with Gasteiger partial charge in [0.1, 0.15) is 11.3 Å². The number of para-hydroxylation sites is 1. The minimum absolute atomic E-state index is 0.104. The summed E-state index contributed by atoms with van der Waals surface area (Å²) in [6.07, 6.45) is 2.11. The van der Waals surface area contributed by atoms with Crippen molar-refractivity contribution in [1.29, 1.82) is 0 Å². The predicted octanol–water partition coefficient (Wildman–Crippen LogP) is 5.86. The number of aryl methyl sites for hydroxylation is 1. The Kier molecular flexibility index (Phi) is 5.58. The second-order valence-corrected chi connectivity index (χ2v) is 6.94. The fourth-order valence-electron chi connectivity index (χ4n) is 2.94. The summed E-state index contributed by atoms with van der Waals surface area (Å²) in [4.78, 5) is 13.1. The Morgan fingerprint density at radius 2 is 1.79 bits per heavy atom. The van der Waals surface area contributed by atoms with Crippen molar-refractivity contribution in [1.82, 2.24) is 0 Å². The van der Waals surface area contributed by atoms with E-state index in [4.69, 9.17) is 29.9 Å². The van der Waals surface area contributed by atoms with Gasteiger partial charge in [-0.3, -0.25) is 4.79 Å². The van der Waals surface area contributed by atoms with E-state index in [-0.39, 0.29) is 23.5 Å². The van der Waals surface area contributed by atoms with Crippen molar-refractivity contribution in [2.45, 2.75) is 13.3 Å². The average Bonchev–Trinajstić information content (AvgIpc) is 3.26. The van der Waals surface area contributed by atoms with E-state index in [9.17, 15) is 4.79 Å². The Morgan fingerprint density at radius 1 is 1.00 bits per heavy atom. The molecule has 6 heteroatoms. The molecule has 0 bridgehead atoms. The van der Waals surface area contributed by atoms with Crippen LogP contribution in [0.4, 0.5) is 0 Å².